The maximum atomic E-state index is 12.2. The lowest BCUT2D eigenvalue weighted by atomic mass is 10.2. The number of hydrogen-bond donors (Lipinski definition) is 2. The molecular weight excluding hydrogens is 396 g/mol. The number of carbonyl (C=O) groups is 2. The number of rotatable bonds is 7. The fourth-order valence-corrected chi connectivity index (χ4v) is 4.31. The maximum absolute atomic E-state index is 12.2. The summed E-state index contributed by atoms with van der Waals surface area (Å²) in [5, 5.41) is 8.57. The van der Waals surface area contributed by atoms with Crippen molar-refractivity contribution in [1.82, 2.24) is 19.8 Å². The number of thiazole rings is 2. The van der Waals surface area contributed by atoms with Gasteiger partial charge in [0.2, 0.25) is 11.8 Å². The smallest absolute Gasteiger partial charge is 0.240 e. The standard InChI is InChI=1S/C18H26N6O2S2/c1-12(2)14-9-19-17(28-14)21-15(25)8-13-11-27-18(20-13)22-16(26)10-24-6-4-23(3)5-7-24/h9,11-12H,4-8,10H2,1-3H3,(H,19,21,25)(H,20,22,26). The van der Waals surface area contributed by atoms with Crippen LogP contribution in [0.25, 0.3) is 0 Å². The molecule has 3 heterocycles. The molecule has 1 fully saturated rings. The first kappa shape index (κ1) is 20.8. The number of amides is 2. The lowest BCUT2D eigenvalue weighted by molar-refractivity contribution is -0.117. The van der Waals surface area contributed by atoms with E-state index in [1.54, 1.807) is 11.6 Å². The van der Waals surface area contributed by atoms with Gasteiger partial charge in [0.15, 0.2) is 10.3 Å². The monoisotopic (exact) mass is 422 g/mol. The topological polar surface area (TPSA) is 90.5 Å². The van der Waals surface area contributed by atoms with Gasteiger partial charge < -0.3 is 15.5 Å². The summed E-state index contributed by atoms with van der Waals surface area (Å²) in [6, 6.07) is 0. The van der Waals surface area contributed by atoms with Crippen LogP contribution in [0.5, 0.6) is 0 Å². The third-order valence-electron chi connectivity index (χ3n) is 4.44. The lowest BCUT2D eigenvalue weighted by Crippen LogP contribution is -2.47. The van der Waals surface area contributed by atoms with Gasteiger partial charge in [-0.1, -0.05) is 13.8 Å². The summed E-state index contributed by atoms with van der Waals surface area (Å²) in [5.74, 6) is 0.155. The number of likely N-dealkylation sites (N-methyl/N-ethyl adjacent to an activating group) is 1. The highest BCUT2D eigenvalue weighted by Gasteiger charge is 2.17. The minimum Gasteiger partial charge on any atom is -0.304 e. The first-order chi connectivity index (χ1) is 13.4. The predicted octanol–water partition coefficient (Wildman–Crippen LogP) is 2.09. The van der Waals surface area contributed by atoms with E-state index in [1.165, 1.54) is 22.7 Å². The molecule has 152 valence electrons. The van der Waals surface area contributed by atoms with Crippen molar-refractivity contribution >= 4 is 44.8 Å². The Kier molecular flexibility index (Phi) is 7.11. The van der Waals surface area contributed by atoms with E-state index in [9.17, 15) is 9.59 Å². The molecule has 2 N–H and O–H groups in total. The summed E-state index contributed by atoms with van der Waals surface area (Å²) in [5.41, 5.74) is 0.637. The van der Waals surface area contributed by atoms with Gasteiger partial charge in [-0.2, -0.15) is 0 Å². The molecule has 2 aromatic rings. The Morgan fingerprint density at radius 3 is 2.54 bits per heavy atom. The molecule has 2 aromatic heterocycles. The van der Waals surface area contributed by atoms with Gasteiger partial charge in [-0.15, -0.1) is 22.7 Å². The van der Waals surface area contributed by atoms with Crippen LogP contribution in [0.2, 0.25) is 0 Å². The molecule has 0 aliphatic carbocycles. The minimum absolute atomic E-state index is 0.0705. The molecule has 0 unspecified atom stereocenters. The van der Waals surface area contributed by atoms with Crippen molar-refractivity contribution in [3.8, 4) is 0 Å². The van der Waals surface area contributed by atoms with Gasteiger partial charge in [-0.25, -0.2) is 9.97 Å². The normalized spacial score (nSPS) is 15.7. The highest BCUT2D eigenvalue weighted by atomic mass is 32.1. The van der Waals surface area contributed by atoms with Crippen LogP contribution in [-0.2, 0) is 16.0 Å². The molecular formula is C18H26N6O2S2. The number of nitrogens with zero attached hydrogens (tertiary/aromatic N) is 4. The van der Waals surface area contributed by atoms with Crippen LogP contribution in [0.15, 0.2) is 11.6 Å². The molecule has 1 saturated heterocycles. The Morgan fingerprint density at radius 1 is 1.14 bits per heavy atom. The second kappa shape index (κ2) is 9.55. The fraction of sp³-hybridized carbons (Fsp3) is 0.556. The van der Waals surface area contributed by atoms with E-state index in [2.05, 4.69) is 51.3 Å². The largest absolute Gasteiger partial charge is 0.304 e. The van der Waals surface area contributed by atoms with Gasteiger partial charge in [0.25, 0.3) is 0 Å². The first-order valence-corrected chi connectivity index (χ1v) is 11.0. The van der Waals surface area contributed by atoms with E-state index >= 15 is 0 Å². The van der Waals surface area contributed by atoms with E-state index in [0.717, 1.165) is 31.1 Å². The van der Waals surface area contributed by atoms with Gasteiger partial charge in [-0.3, -0.25) is 14.5 Å². The van der Waals surface area contributed by atoms with Crippen LogP contribution in [0.1, 0.15) is 30.3 Å². The number of piperazine rings is 1. The summed E-state index contributed by atoms with van der Waals surface area (Å²) in [6.45, 7) is 8.28. The van der Waals surface area contributed by atoms with Gasteiger partial charge in [0.1, 0.15) is 0 Å². The van der Waals surface area contributed by atoms with Crippen LogP contribution in [0.3, 0.4) is 0 Å². The average Bonchev–Trinajstić information content (AvgIpc) is 3.26. The van der Waals surface area contributed by atoms with Crippen molar-refractivity contribution in [2.24, 2.45) is 0 Å². The quantitative estimate of drug-likeness (QED) is 0.710. The molecule has 0 radical (unpaired) electrons. The molecule has 2 amide bonds. The zero-order valence-corrected chi connectivity index (χ0v) is 18.0. The number of aromatic nitrogens is 2. The van der Waals surface area contributed by atoms with Crippen molar-refractivity contribution in [2.45, 2.75) is 26.2 Å². The highest BCUT2D eigenvalue weighted by molar-refractivity contribution is 7.15. The van der Waals surface area contributed by atoms with Crippen molar-refractivity contribution < 1.29 is 9.59 Å². The third kappa shape index (κ3) is 6.06. The highest BCUT2D eigenvalue weighted by Crippen LogP contribution is 2.25. The van der Waals surface area contributed by atoms with Gasteiger partial charge in [-0.05, 0) is 13.0 Å². The summed E-state index contributed by atoms with van der Waals surface area (Å²) < 4.78 is 0. The van der Waals surface area contributed by atoms with Gasteiger partial charge in [0.05, 0.1) is 18.7 Å². The predicted molar refractivity (Wildman–Crippen MR) is 113 cm³/mol. The second-order valence-electron chi connectivity index (χ2n) is 7.22. The third-order valence-corrected chi connectivity index (χ3v) is 6.46. The second-order valence-corrected chi connectivity index (χ2v) is 9.14. The molecule has 0 bridgehead atoms. The SMILES string of the molecule is CC(C)c1cnc(NC(=O)Cc2csc(NC(=O)CN3CCN(C)CC3)n2)s1. The molecule has 28 heavy (non-hydrogen) atoms. The van der Waals surface area contributed by atoms with Crippen LogP contribution >= 0.6 is 22.7 Å². The van der Waals surface area contributed by atoms with E-state index in [0.29, 0.717) is 28.4 Å². The van der Waals surface area contributed by atoms with Crippen molar-refractivity contribution in [1.29, 1.82) is 0 Å². The molecule has 0 atom stereocenters. The van der Waals surface area contributed by atoms with Gasteiger partial charge >= 0.3 is 0 Å². The summed E-state index contributed by atoms with van der Waals surface area (Å²) in [6.07, 6.45) is 1.95. The number of carbonyl (C=O) groups excluding carboxylic acids is 2. The molecule has 10 heteroatoms. The fourth-order valence-electron chi connectivity index (χ4n) is 2.75. The molecule has 0 saturated carbocycles. The molecule has 8 nitrogen and oxygen atoms in total. The first-order valence-electron chi connectivity index (χ1n) is 9.30. The van der Waals surface area contributed by atoms with Gasteiger partial charge in [0, 0.05) is 42.6 Å². The Morgan fingerprint density at radius 2 is 1.86 bits per heavy atom. The van der Waals surface area contributed by atoms with Crippen LogP contribution in [-0.4, -0.2) is 71.4 Å². The van der Waals surface area contributed by atoms with E-state index in [-0.39, 0.29) is 18.2 Å². The Hall–Kier alpha value is -1.88. The zero-order valence-electron chi connectivity index (χ0n) is 16.4. The lowest BCUT2D eigenvalue weighted by Gasteiger charge is -2.31. The van der Waals surface area contributed by atoms with Crippen LogP contribution in [0, 0.1) is 0 Å². The minimum atomic E-state index is -0.162. The van der Waals surface area contributed by atoms with E-state index in [4.69, 9.17) is 0 Å². The Labute approximate surface area is 173 Å². The van der Waals surface area contributed by atoms with Crippen LogP contribution < -0.4 is 10.6 Å². The average molecular weight is 423 g/mol. The molecule has 0 spiro atoms. The van der Waals surface area contributed by atoms with Crippen molar-refractivity contribution in [3.63, 3.8) is 0 Å². The maximum Gasteiger partial charge on any atom is 0.240 e. The zero-order chi connectivity index (χ0) is 20.1. The Bertz CT molecular complexity index is 811. The van der Waals surface area contributed by atoms with Crippen molar-refractivity contribution in [3.05, 3.63) is 22.1 Å². The number of anilines is 2. The summed E-state index contributed by atoms with van der Waals surface area (Å²) >= 11 is 2.82. The molecule has 3 rings (SSSR count). The van der Waals surface area contributed by atoms with Crippen LogP contribution in [0.4, 0.5) is 10.3 Å². The molecule has 1 aliphatic heterocycles. The number of nitrogens with one attached hydrogen (secondary N) is 2. The Balaban J connectivity index is 1.45. The van der Waals surface area contributed by atoms with E-state index < -0.39 is 0 Å². The van der Waals surface area contributed by atoms with Crippen molar-refractivity contribution in [2.75, 3.05) is 50.4 Å². The summed E-state index contributed by atoms with van der Waals surface area (Å²) in [4.78, 5) is 38.5. The number of hydrogen-bond acceptors (Lipinski definition) is 8. The molecule has 0 aromatic carbocycles. The van der Waals surface area contributed by atoms with E-state index in [1.807, 2.05) is 0 Å². The summed E-state index contributed by atoms with van der Waals surface area (Å²) in [7, 11) is 2.09. The molecule has 1 aliphatic rings.